The van der Waals surface area contributed by atoms with Crippen LogP contribution in [0.1, 0.15) is 37.1 Å². The Hall–Kier alpha value is -2.82. The van der Waals surface area contributed by atoms with Gasteiger partial charge in [-0.2, -0.15) is 18.3 Å². The number of nitrogens with zero attached hydrogens (tertiary/aromatic N) is 4. The number of benzene rings is 1. The van der Waals surface area contributed by atoms with Crippen LogP contribution in [-0.2, 0) is 6.18 Å². The molecule has 1 aliphatic heterocycles. The van der Waals surface area contributed by atoms with Crippen LogP contribution in [0, 0.1) is 0 Å². The number of ether oxygens (including phenoxy) is 1. The van der Waals surface area contributed by atoms with E-state index in [0.29, 0.717) is 18.4 Å². The highest BCUT2D eigenvalue weighted by atomic mass is 19.4. The quantitative estimate of drug-likeness (QED) is 0.452. The summed E-state index contributed by atoms with van der Waals surface area (Å²) < 4.78 is 43.7. The van der Waals surface area contributed by atoms with Crippen molar-refractivity contribution in [3.8, 4) is 5.75 Å². The van der Waals surface area contributed by atoms with Crippen LogP contribution in [0.4, 0.5) is 13.2 Å². The number of aliphatic hydroxyl groups excluding tert-OH is 1. The van der Waals surface area contributed by atoms with E-state index in [1.165, 1.54) is 18.5 Å². The minimum Gasteiger partial charge on any atom is -0.491 e. The zero-order valence-corrected chi connectivity index (χ0v) is 17.3. The Morgan fingerprint density at radius 2 is 2.16 bits per heavy atom. The molecule has 1 unspecified atom stereocenters. The molecule has 0 radical (unpaired) electrons. The Morgan fingerprint density at radius 3 is 2.81 bits per heavy atom. The third kappa shape index (κ3) is 6.58. The van der Waals surface area contributed by atoms with Crippen molar-refractivity contribution in [2.75, 3.05) is 32.8 Å². The van der Waals surface area contributed by atoms with E-state index in [2.05, 4.69) is 30.4 Å². The van der Waals surface area contributed by atoms with E-state index in [0.717, 1.165) is 43.9 Å². The lowest BCUT2D eigenvalue weighted by atomic mass is 9.96. The third-order valence-electron chi connectivity index (χ3n) is 5.01. The second kappa shape index (κ2) is 10.5. The molecule has 1 aliphatic rings. The number of aromatic amines is 1. The first-order valence-electron chi connectivity index (χ1n) is 10.2. The largest absolute Gasteiger partial charge is 0.491 e. The highest BCUT2D eigenvalue weighted by Crippen LogP contribution is 2.31. The standard InChI is InChI=1S/C20H27F3N6O2/c1-2-24-19(29-8-6-14(7-9-29)18-26-13-27-28-18)25-11-16(30)12-31-17-5-3-4-15(10-17)20(21,22)23/h3-5,10,13-14,16,30H,2,6-9,11-12H2,1H3,(H,24,25)(H,26,27,28). The number of rotatable bonds is 7. The summed E-state index contributed by atoms with van der Waals surface area (Å²) in [5, 5.41) is 20.2. The van der Waals surface area contributed by atoms with Crippen molar-refractivity contribution < 1.29 is 23.0 Å². The number of aromatic nitrogens is 3. The third-order valence-corrected chi connectivity index (χ3v) is 5.01. The number of aliphatic imine (C=N–C) groups is 1. The molecule has 0 aliphatic carbocycles. The minimum atomic E-state index is -4.44. The highest BCUT2D eigenvalue weighted by Gasteiger charge is 2.30. The average Bonchev–Trinajstić information content (AvgIpc) is 3.30. The fourth-order valence-electron chi connectivity index (χ4n) is 3.40. The Labute approximate surface area is 178 Å². The second-order valence-corrected chi connectivity index (χ2v) is 7.32. The predicted molar refractivity (Wildman–Crippen MR) is 109 cm³/mol. The molecule has 0 amide bonds. The van der Waals surface area contributed by atoms with Gasteiger partial charge in [0.1, 0.15) is 30.6 Å². The lowest BCUT2D eigenvalue weighted by molar-refractivity contribution is -0.137. The number of H-pyrrole nitrogens is 1. The number of alkyl halides is 3. The van der Waals surface area contributed by atoms with Crippen LogP contribution in [0.15, 0.2) is 35.6 Å². The Morgan fingerprint density at radius 1 is 1.39 bits per heavy atom. The number of halogens is 3. The number of hydrogen-bond acceptors (Lipinski definition) is 5. The van der Waals surface area contributed by atoms with Gasteiger partial charge in [-0.15, -0.1) is 0 Å². The van der Waals surface area contributed by atoms with Crippen molar-refractivity contribution in [2.24, 2.45) is 4.99 Å². The van der Waals surface area contributed by atoms with Crippen LogP contribution in [0.25, 0.3) is 0 Å². The van der Waals surface area contributed by atoms with Crippen molar-refractivity contribution in [1.82, 2.24) is 25.4 Å². The van der Waals surface area contributed by atoms with Crippen LogP contribution < -0.4 is 10.1 Å². The van der Waals surface area contributed by atoms with Gasteiger partial charge < -0.3 is 20.1 Å². The molecule has 2 heterocycles. The van der Waals surface area contributed by atoms with Gasteiger partial charge in [0, 0.05) is 25.6 Å². The maximum Gasteiger partial charge on any atom is 0.416 e. The summed E-state index contributed by atoms with van der Waals surface area (Å²) in [5.74, 6) is 1.97. The SMILES string of the molecule is CCNC(=NCC(O)COc1cccc(C(F)(F)F)c1)N1CCC(c2ncn[nH]2)CC1. The van der Waals surface area contributed by atoms with E-state index in [-0.39, 0.29) is 18.9 Å². The van der Waals surface area contributed by atoms with Crippen molar-refractivity contribution in [1.29, 1.82) is 0 Å². The smallest absolute Gasteiger partial charge is 0.416 e. The highest BCUT2D eigenvalue weighted by molar-refractivity contribution is 5.80. The molecule has 1 saturated heterocycles. The van der Waals surface area contributed by atoms with Crippen molar-refractivity contribution in [2.45, 2.75) is 38.0 Å². The zero-order chi connectivity index (χ0) is 22.3. The Balaban J connectivity index is 1.51. The molecule has 1 aromatic carbocycles. The predicted octanol–water partition coefficient (Wildman–Crippen LogP) is 2.41. The molecule has 170 valence electrons. The van der Waals surface area contributed by atoms with Gasteiger partial charge in [0.25, 0.3) is 0 Å². The summed E-state index contributed by atoms with van der Waals surface area (Å²) in [6, 6.07) is 4.59. The fourth-order valence-corrected chi connectivity index (χ4v) is 3.40. The zero-order valence-electron chi connectivity index (χ0n) is 17.3. The molecule has 0 saturated carbocycles. The van der Waals surface area contributed by atoms with Crippen molar-refractivity contribution in [3.63, 3.8) is 0 Å². The number of guanidine groups is 1. The van der Waals surface area contributed by atoms with E-state index < -0.39 is 17.8 Å². The van der Waals surface area contributed by atoms with Gasteiger partial charge in [0.2, 0.25) is 0 Å². The van der Waals surface area contributed by atoms with E-state index in [1.807, 2.05) is 6.92 Å². The van der Waals surface area contributed by atoms with Crippen LogP contribution in [0.5, 0.6) is 5.75 Å². The molecule has 31 heavy (non-hydrogen) atoms. The molecule has 11 heteroatoms. The summed E-state index contributed by atoms with van der Waals surface area (Å²) in [4.78, 5) is 10.8. The summed E-state index contributed by atoms with van der Waals surface area (Å²) in [6.45, 7) is 4.13. The van der Waals surface area contributed by atoms with Crippen molar-refractivity contribution >= 4 is 5.96 Å². The molecule has 1 atom stereocenters. The van der Waals surface area contributed by atoms with Gasteiger partial charge in [-0.25, -0.2) is 4.98 Å². The number of aliphatic hydroxyl groups is 1. The topological polar surface area (TPSA) is 98.7 Å². The Kier molecular flexibility index (Phi) is 7.72. The van der Waals surface area contributed by atoms with Crippen molar-refractivity contribution in [3.05, 3.63) is 42.0 Å². The van der Waals surface area contributed by atoms with Crippen LogP contribution in [-0.4, -0.2) is 70.0 Å². The lowest BCUT2D eigenvalue weighted by Gasteiger charge is -2.33. The van der Waals surface area contributed by atoms with Crippen LogP contribution in [0.2, 0.25) is 0 Å². The monoisotopic (exact) mass is 440 g/mol. The molecule has 1 aromatic heterocycles. The molecule has 3 N–H and O–H groups in total. The molecule has 1 fully saturated rings. The number of nitrogens with one attached hydrogen (secondary N) is 2. The average molecular weight is 440 g/mol. The number of likely N-dealkylation sites (tertiary alicyclic amines) is 1. The van der Waals surface area contributed by atoms with Gasteiger partial charge in [-0.1, -0.05) is 6.07 Å². The number of hydrogen-bond donors (Lipinski definition) is 3. The van der Waals surface area contributed by atoms with E-state index in [1.54, 1.807) is 0 Å². The Bertz CT molecular complexity index is 836. The molecule has 3 rings (SSSR count). The van der Waals surface area contributed by atoms with Gasteiger partial charge in [0.05, 0.1) is 12.1 Å². The van der Waals surface area contributed by atoms with Crippen LogP contribution in [0.3, 0.4) is 0 Å². The number of piperidine rings is 1. The first-order chi connectivity index (χ1) is 14.9. The molecule has 8 nitrogen and oxygen atoms in total. The summed E-state index contributed by atoms with van der Waals surface area (Å²) in [7, 11) is 0. The maximum atomic E-state index is 12.8. The minimum absolute atomic E-state index is 0.0549. The summed E-state index contributed by atoms with van der Waals surface area (Å²) in [6.07, 6.45) is -2.07. The normalized spacial score (nSPS) is 16.9. The molecular formula is C20H27F3N6O2. The van der Waals surface area contributed by atoms with Gasteiger partial charge in [-0.05, 0) is 38.0 Å². The molecule has 0 spiro atoms. The van der Waals surface area contributed by atoms with Gasteiger partial charge >= 0.3 is 6.18 Å². The second-order valence-electron chi connectivity index (χ2n) is 7.32. The molecule has 0 bridgehead atoms. The van der Waals surface area contributed by atoms with Gasteiger partial charge in [0.15, 0.2) is 5.96 Å². The maximum absolute atomic E-state index is 12.8. The van der Waals surface area contributed by atoms with E-state index in [9.17, 15) is 18.3 Å². The first-order valence-corrected chi connectivity index (χ1v) is 10.2. The van der Waals surface area contributed by atoms with E-state index >= 15 is 0 Å². The summed E-state index contributed by atoms with van der Waals surface area (Å²) in [5.41, 5.74) is -0.791. The van der Waals surface area contributed by atoms with Gasteiger partial charge in [-0.3, -0.25) is 10.1 Å². The van der Waals surface area contributed by atoms with E-state index in [4.69, 9.17) is 4.74 Å². The first kappa shape index (κ1) is 22.9. The molecular weight excluding hydrogens is 413 g/mol. The summed E-state index contributed by atoms with van der Waals surface area (Å²) >= 11 is 0. The molecule has 2 aromatic rings. The lowest BCUT2D eigenvalue weighted by Crippen LogP contribution is -2.45. The fraction of sp³-hybridized carbons (Fsp3) is 0.550. The van der Waals surface area contributed by atoms with Crippen LogP contribution >= 0.6 is 0 Å².